The van der Waals surface area contributed by atoms with Crippen LogP contribution in [-0.2, 0) is 11.2 Å². The lowest BCUT2D eigenvalue weighted by Crippen LogP contribution is -2.14. The molecule has 0 saturated heterocycles. The van der Waals surface area contributed by atoms with Crippen molar-refractivity contribution in [3.63, 3.8) is 0 Å². The highest BCUT2D eigenvalue weighted by molar-refractivity contribution is 6.30. The lowest BCUT2D eigenvalue weighted by molar-refractivity contribution is -0.117. The van der Waals surface area contributed by atoms with Gasteiger partial charge < -0.3 is 5.32 Å². The third-order valence-electron chi connectivity index (χ3n) is 2.54. The zero-order chi connectivity index (χ0) is 10.8. The van der Waals surface area contributed by atoms with E-state index >= 15 is 0 Å². The van der Waals surface area contributed by atoms with Gasteiger partial charge in [-0.25, -0.2) is 0 Å². The summed E-state index contributed by atoms with van der Waals surface area (Å²) in [6.07, 6.45) is 0.800. The van der Waals surface area contributed by atoms with Gasteiger partial charge in [-0.05, 0) is 30.2 Å². The summed E-state index contributed by atoms with van der Waals surface area (Å²) >= 11 is 5.85. The van der Waals surface area contributed by atoms with E-state index in [1.165, 1.54) is 0 Å². The summed E-state index contributed by atoms with van der Waals surface area (Å²) in [6, 6.07) is 5.26. The number of carbonyl (C=O) groups excluding carboxylic acids is 1. The summed E-state index contributed by atoms with van der Waals surface area (Å²) in [5.74, 6) is -0.358. The minimum absolute atomic E-state index is 0.126. The number of fused-ring (bicyclic) bond motifs is 1. The van der Waals surface area contributed by atoms with Crippen LogP contribution in [0.3, 0.4) is 0 Å². The summed E-state index contributed by atoms with van der Waals surface area (Å²) in [5, 5.41) is 3.36. The predicted octanol–water partition coefficient (Wildman–Crippen LogP) is 2.81. The molecule has 0 aromatic heterocycles. The molecule has 2 nitrogen and oxygen atoms in total. The van der Waals surface area contributed by atoms with Crippen LogP contribution < -0.4 is 5.32 Å². The molecule has 80 valence electrons. The van der Waals surface area contributed by atoms with Gasteiger partial charge in [0.1, 0.15) is 0 Å². The van der Waals surface area contributed by atoms with Crippen molar-refractivity contribution in [2.75, 3.05) is 12.0 Å². The normalized spacial score (nSPS) is 20.4. The first kappa shape index (κ1) is 10.4. The molecular formula is C11H11ClFNO. The van der Waals surface area contributed by atoms with E-state index in [0.717, 1.165) is 11.3 Å². The summed E-state index contributed by atoms with van der Waals surface area (Å²) in [6.45, 7) is -0.473. The SMILES string of the molecule is O=C1CC(CF)Cc2cc(Cl)ccc2N1. The Balaban J connectivity index is 2.36. The average Bonchev–Trinajstić information content (AvgIpc) is 2.35. The Hall–Kier alpha value is -1.09. The van der Waals surface area contributed by atoms with Gasteiger partial charge in [-0.3, -0.25) is 9.18 Å². The maximum Gasteiger partial charge on any atom is 0.224 e. The summed E-state index contributed by atoms with van der Waals surface area (Å²) < 4.78 is 12.6. The molecule has 1 unspecified atom stereocenters. The number of amides is 1. The number of hydrogen-bond acceptors (Lipinski definition) is 1. The second kappa shape index (κ2) is 4.19. The quantitative estimate of drug-likeness (QED) is 0.786. The molecule has 1 amide bonds. The van der Waals surface area contributed by atoms with Crippen LogP contribution in [0.2, 0.25) is 5.02 Å². The molecule has 1 N–H and O–H groups in total. The van der Waals surface area contributed by atoms with Gasteiger partial charge in [-0.15, -0.1) is 0 Å². The van der Waals surface area contributed by atoms with E-state index in [-0.39, 0.29) is 18.2 Å². The number of halogens is 2. The highest BCUT2D eigenvalue weighted by atomic mass is 35.5. The molecule has 15 heavy (non-hydrogen) atoms. The number of benzene rings is 1. The van der Waals surface area contributed by atoms with E-state index in [2.05, 4.69) is 5.32 Å². The van der Waals surface area contributed by atoms with Crippen molar-refractivity contribution < 1.29 is 9.18 Å². The summed E-state index contributed by atoms with van der Waals surface area (Å²) in [7, 11) is 0. The number of alkyl halides is 1. The van der Waals surface area contributed by atoms with Crippen molar-refractivity contribution in [2.45, 2.75) is 12.8 Å². The first-order chi connectivity index (χ1) is 7.19. The Morgan fingerprint density at radius 3 is 3.00 bits per heavy atom. The minimum Gasteiger partial charge on any atom is -0.326 e. The Kier molecular flexibility index (Phi) is 2.91. The molecule has 0 fully saturated rings. The molecule has 1 aliphatic heterocycles. The molecule has 1 aromatic carbocycles. The maximum absolute atomic E-state index is 12.6. The second-order valence-electron chi connectivity index (χ2n) is 3.78. The maximum atomic E-state index is 12.6. The van der Waals surface area contributed by atoms with Gasteiger partial charge in [0.15, 0.2) is 0 Å². The van der Waals surface area contributed by atoms with E-state index in [1.54, 1.807) is 18.2 Å². The van der Waals surface area contributed by atoms with Gasteiger partial charge in [0.05, 0.1) is 6.67 Å². The molecular weight excluding hydrogens is 217 g/mol. The minimum atomic E-state index is -0.473. The molecule has 1 atom stereocenters. The highest BCUT2D eigenvalue weighted by Crippen LogP contribution is 2.27. The molecule has 1 heterocycles. The van der Waals surface area contributed by atoms with Crippen LogP contribution in [0.25, 0.3) is 0 Å². The van der Waals surface area contributed by atoms with Crippen LogP contribution >= 0.6 is 11.6 Å². The van der Waals surface area contributed by atoms with Crippen LogP contribution in [0.1, 0.15) is 12.0 Å². The molecule has 0 aliphatic carbocycles. The van der Waals surface area contributed by atoms with Crippen LogP contribution in [0, 0.1) is 5.92 Å². The lowest BCUT2D eigenvalue weighted by Gasteiger charge is -2.08. The van der Waals surface area contributed by atoms with Crippen LogP contribution in [0.5, 0.6) is 0 Å². The topological polar surface area (TPSA) is 29.1 Å². The molecule has 0 bridgehead atoms. The van der Waals surface area contributed by atoms with Gasteiger partial charge in [-0.1, -0.05) is 11.6 Å². The Morgan fingerprint density at radius 2 is 2.27 bits per heavy atom. The van der Waals surface area contributed by atoms with Gasteiger partial charge >= 0.3 is 0 Å². The number of anilines is 1. The van der Waals surface area contributed by atoms with Crippen molar-refractivity contribution in [2.24, 2.45) is 5.92 Å². The highest BCUT2D eigenvalue weighted by Gasteiger charge is 2.21. The fraction of sp³-hybridized carbons (Fsp3) is 0.364. The van der Waals surface area contributed by atoms with E-state index in [0.29, 0.717) is 11.4 Å². The first-order valence-corrected chi connectivity index (χ1v) is 5.21. The van der Waals surface area contributed by atoms with Crippen molar-refractivity contribution >= 4 is 23.2 Å². The van der Waals surface area contributed by atoms with Crippen LogP contribution in [-0.4, -0.2) is 12.6 Å². The zero-order valence-electron chi connectivity index (χ0n) is 8.09. The second-order valence-corrected chi connectivity index (χ2v) is 4.21. The van der Waals surface area contributed by atoms with Crippen molar-refractivity contribution in [1.29, 1.82) is 0 Å². The average molecular weight is 228 g/mol. The van der Waals surface area contributed by atoms with Gasteiger partial charge in [0.25, 0.3) is 0 Å². The molecule has 1 aromatic rings. The third-order valence-corrected chi connectivity index (χ3v) is 2.78. The number of nitrogens with one attached hydrogen (secondary N) is 1. The van der Waals surface area contributed by atoms with Crippen molar-refractivity contribution in [1.82, 2.24) is 0 Å². The van der Waals surface area contributed by atoms with Gasteiger partial charge in [0, 0.05) is 23.0 Å². The molecule has 2 rings (SSSR count). The fourth-order valence-corrected chi connectivity index (χ4v) is 2.00. The van der Waals surface area contributed by atoms with Crippen molar-refractivity contribution in [3.05, 3.63) is 28.8 Å². The standard InChI is InChI=1S/C11H11ClFNO/c12-9-1-2-10-8(5-9)3-7(6-13)4-11(15)14-10/h1-2,5,7H,3-4,6H2,(H,14,15). The largest absolute Gasteiger partial charge is 0.326 e. The summed E-state index contributed by atoms with van der Waals surface area (Å²) in [4.78, 5) is 11.4. The predicted molar refractivity (Wildman–Crippen MR) is 57.9 cm³/mol. The van der Waals surface area contributed by atoms with Gasteiger partial charge in [0.2, 0.25) is 5.91 Å². The molecule has 0 saturated carbocycles. The lowest BCUT2D eigenvalue weighted by atomic mass is 9.98. The fourth-order valence-electron chi connectivity index (χ4n) is 1.81. The van der Waals surface area contributed by atoms with Crippen LogP contribution in [0.4, 0.5) is 10.1 Å². The zero-order valence-corrected chi connectivity index (χ0v) is 8.85. The van der Waals surface area contributed by atoms with E-state index in [9.17, 15) is 9.18 Å². The molecule has 1 aliphatic rings. The monoisotopic (exact) mass is 227 g/mol. The Bertz CT molecular complexity index is 394. The number of hydrogen-bond donors (Lipinski definition) is 1. The van der Waals surface area contributed by atoms with E-state index < -0.39 is 6.67 Å². The molecule has 0 spiro atoms. The van der Waals surface area contributed by atoms with Crippen molar-refractivity contribution in [3.8, 4) is 0 Å². The van der Waals surface area contributed by atoms with Gasteiger partial charge in [-0.2, -0.15) is 0 Å². The third kappa shape index (κ3) is 2.29. The smallest absolute Gasteiger partial charge is 0.224 e. The molecule has 0 radical (unpaired) electrons. The number of carbonyl (C=O) groups is 1. The van der Waals surface area contributed by atoms with E-state index in [1.807, 2.05) is 0 Å². The van der Waals surface area contributed by atoms with E-state index in [4.69, 9.17) is 11.6 Å². The van der Waals surface area contributed by atoms with Crippen LogP contribution in [0.15, 0.2) is 18.2 Å². The Labute approximate surface area is 92.4 Å². The number of rotatable bonds is 1. The summed E-state index contributed by atoms with van der Waals surface area (Å²) in [5.41, 5.74) is 1.66. The molecule has 4 heteroatoms. The first-order valence-electron chi connectivity index (χ1n) is 4.83. The Morgan fingerprint density at radius 1 is 1.47 bits per heavy atom.